The van der Waals surface area contributed by atoms with E-state index in [1.165, 1.54) is 22.6 Å². The van der Waals surface area contributed by atoms with Crippen molar-refractivity contribution in [1.29, 1.82) is 0 Å². The second-order valence-electron chi connectivity index (χ2n) is 6.14. The van der Waals surface area contributed by atoms with Crippen molar-refractivity contribution in [1.82, 2.24) is 14.5 Å². The summed E-state index contributed by atoms with van der Waals surface area (Å²) in [6, 6.07) is 18.1. The smallest absolute Gasteiger partial charge is 0.243 e. The molecule has 1 unspecified atom stereocenters. The van der Waals surface area contributed by atoms with E-state index in [1.54, 1.807) is 7.05 Å². The monoisotopic (exact) mass is 355 g/mol. The fourth-order valence-corrected chi connectivity index (χ4v) is 3.96. The lowest BCUT2D eigenvalue weighted by molar-refractivity contribution is 0.559. The average Bonchev–Trinajstić information content (AvgIpc) is 3.03. The molecule has 130 valence electrons. The molecule has 0 fully saturated rings. The normalized spacial score (nSPS) is 12.9. The summed E-state index contributed by atoms with van der Waals surface area (Å²) >= 11 is 0. The number of rotatable bonds is 6. The number of aryl methyl sites for hydroxylation is 1. The van der Waals surface area contributed by atoms with Crippen LogP contribution in [0.15, 0.2) is 71.9 Å². The molecule has 6 heteroatoms. The van der Waals surface area contributed by atoms with Gasteiger partial charge in [0.2, 0.25) is 10.0 Å². The van der Waals surface area contributed by atoms with Crippen LogP contribution in [-0.2, 0) is 23.5 Å². The van der Waals surface area contributed by atoms with Crippen molar-refractivity contribution in [3.8, 4) is 11.1 Å². The lowest BCUT2D eigenvalue weighted by atomic mass is 10.0. The Balaban J connectivity index is 1.66. The maximum absolute atomic E-state index is 12.3. The Labute approximate surface area is 148 Å². The maximum Gasteiger partial charge on any atom is 0.243 e. The summed E-state index contributed by atoms with van der Waals surface area (Å²) in [5, 5.41) is 3.91. The Kier molecular flexibility index (Phi) is 5.01. The molecule has 1 heterocycles. The molecule has 0 amide bonds. The van der Waals surface area contributed by atoms with E-state index in [1.807, 2.05) is 37.3 Å². The van der Waals surface area contributed by atoms with Gasteiger partial charge in [-0.2, -0.15) is 5.10 Å². The van der Waals surface area contributed by atoms with Crippen LogP contribution in [-0.4, -0.2) is 24.2 Å². The molecule has 0 aliphatic carbocycles. The highest BCUT2D eigenvalue weighted by atomic mass is 32.2. The Morgan fingerprint density at radius 2 is 1.68 bits per heavy atom. The number of aromatic nitrogens is 2. The van der Waals surface area contributed by atoms with Crippen LogP contribution in [0.3, 0.4) is 0 Å². The van der Waals surface area contributed by atoms with E-state index in [0.717, 1.165) is 11.1 Å². The van der Waals surface area contributed by atoms with E-state index in [4.69, 9.17) is 0 Å². The predicted octanol–water partition coefficient (Wildman–Crippen LogP) is 3.00. The van der Waals surface area contributed by atoms with Crippen LogP contribution >= 0.6 is 0 Å². The number of hydrogen-bond acceptors (Lipinski definition) is 3. The number of nitrogens with zero attached hydrogens (tertiary/aromatic N) is 2. The molecule has 0 saturated heterocycles. The minimum absolute atomic E-state index is 0.182. The molecule has 0 saturated carbocycles. The molecule has 0 spiro atoms. The standard InChI is InChI=1S/C19H21N3O2S/c1-15(21-25(23,24)19-13-20-22(2)14-19)12-16-8-10-18(11-9-16)17-6-4-3-5-7-17/h3-11,13-15,21H,12H2,1-2H3. The van der Waals surface area contributed by atoms with E-state index in [2.05, 4.69) is 34.1 Å². The summed E-state index contributed by atoms with van der Waals surface area (Å²) < 4.78 is 28.8. The molecule has 0 bridgehead atoms. The minimum Gasteiger partial charge on any atom is -0.274 e. The molecule has 3 rings (SSSR count). The average molecular weight is 355 g/mol. The van der Waals surface area contributed by atoms with E-state index < -0.39 is 10.0 Å². The fourth-order valence-electron chi connectivity index (χ4n) is 2.73. The van der Waals surface area contributed by atoms with Crippen molar-refractivity contribution in [3.63, 3.8) is 0 Å². The summed E-state index contributed by atoms with van der Waals surface area (Å²) in [5.41, 5.74) is 3.40. The largest absolute Gasteiger partial charge is 0.274 e. The van der Waals surface area contributed by atoms with Gasteiger partial charge in [-0.15, -0.1) is 0 Å². The van der Waals surface area contributed by atoms with Crippen molar-refractivity contribution in [2.75, 3.05) is 0 Å². The zero-order valence-corrected chi connectivity index (χ0v) is 15.1. The molecule has 25 heavy (non-hydrogen) atoms. The van der Waals surface area contributed by atoms with Crippen molar-refractivity contribution in [2.24, 2.45) is 7.05 Å². The number of sulfonamides is 1. The molecule has 0 aliphatic heterocycles. The van der Waals surface area contributed by atoms with Gasteiger partial charge in [-0.3, -0.25) is 4.68 Å². The lowest BCUT2D eigenvalue weighted by Crippen LogP contribution is -2.33. The van der Waals surface area contributed by atoms with Gasteiger partial charge < -0.3 is 0 Å². The van der Waals surface area contributed by atoms with Gasteiger partial charge in [0.25, 0.3) is 0 Å². The topological polar surface area (TPSA) is 64.0 Å². The van der Waals surface area contributed by atoms with Gasteiger partial charge in [-0.05, 0) is 30.0 Å². The molecule has 1 atom stereocenters. The molecular weight excluding hydrogens is 334 g/mol. The molecule has 5 nitrogen and oxygen atoms in total. The Hall–Kier alpha value is -2.44. The van der Waals surface area contributed by atoms with Gasteiger partial charge in [-0.25, -0.2) is 13.1 Å². The third kappa shape index (κ3) is 4.35. The van der Waals surface area contributed by atoms with Crippen LogP contribution in [0.4, 0.5) is 0 Å². The summed E-state index contributed by atoms with van der Waals surface area (Å²) in [4.78, 5) is 0.182. The van der Waals surface area contributed by atoms with E-state index in [-0.39, 0.29) is 10.9 Å². The van der Waals surface area contributed by atoms with Crippen LogP contribution in [0.25, 0.3) is 11.1 Å². The van der Waals surface area contributed by atoms with Crippen molar-refractivity contribution in [3.05, 3.63) is 72.6 Å². The summed E-state index contributed by atoms with van der Waals surface area (Å²) in [6.07, 6.45) is 3.46. The SMILES string of the molecule is CC(Cc1ccc(-c2ccccc2)cc1)NS(=O)(=O)c1cnn(C)c1. The van der Waals surface area contributed by atoms with Crippen LogP contribution in [0.1, 0.15) is 12.5 Å². The van der Waals surface area contributed by atoms with Crippen molar-refractivity contribution >= 4 is 10.0 Å². The van der Waals surface area contributed by atoms with Gasteiger partial charge in [0.15, 0.2) is 0 Å². The molecule has 1 aromatic heterocycles. The Morgan fingerprint density at radius 3 is 2.28 bits per heavy atom. The Bertz CT molecular complexity index is 932. The first-order valence-electron chi connectivity index (χ1n) is 8.09. The zero-order valence-electron chi connectivity index (χ0n) is 14.3. The number of nitrogens with one attached hydrogen (secondary N) is 1. The second-order valence-corrected chi connectivity index (χ2v) is 7.85. The molecule has 1 N–H and O–H groups in total. The van der Waals surface area contributed by atoms with Crippen LogP contribution in [0.2, 0.25) is 0 Å². The van der Waals surface area contributed by atoms with Gasteiger partial charge in [0.05, 0.1) is 6.20 Å². The molecule has 0 radical (unpaired) electrons. The van der Waals surface area contributed by atoms with Crippen LogP contribution in [0.5, 0.6) is 0 Å². The third-order valence-electron chi connectivity index (χ3n) is 3.95. The summed E-state index contributed by atoms with van der Waals surface area (Å²) in [7, 11) is -1.85. The maximum atomic E-state index is 12.3. The van der Waals surface area contributed by atoms with Crippen LogP contribution in [0, 0.1) is 0 Å². The highest BCUT2D eigenvalue weighted by molar-refractivity contribution is 7.89. The van der Waals surface area contributed by atoms with Crippen molar-refractivity contribution in [2.45, 2.75) is 24.3 Å². The van der Waals surface area contributed by atoms with Gasteiger partial charge >= 0.3 is 0 Å². The van der Waals surface area contributed by atoms with Crippen molar-refractivity contribution < 1.29 is 8.42 Å². The second kappa shape index (κ2) is 7.21. The first kappa shape index (κ1) is 17.4. The first-order chi connectivity index (χ1) is 11.9. The van der Waals surface area contributed by atoms with E-state index in [9.17, 15) is 8.42 Å². The molecule has 2 aromatic carbocycles. The number of hydrogen-bond donors (Lipinski definition) is 1. The highest BCUT2D eigenvalue weighted by Gasteiger charge is 2.19. The number of benzene rings is 2. The Morgan fingerprint density at radius 1 is 1.04 bits per heavy atom. The fraction of sp³-hybridized carbons (Fsp3) is 0.211. The third-order valence-corrected chi connectivity index (χ3v) is 5.49. The summed E-state index contributed by atoms with van der Waals surface area (Å²) in [6.45, 7) is 1.86. The predicted molar refractivity (Wildman–Crippen MR) is 98.6 cm³/mol. The zero-order chi connectivity index (χ0) is 17.9. The molecule has 0 aliphatic rings. The minimum atomic E-state index is -3.54. The first-order valence-corrected chi connectivity index (χ1v) is 9.58. The quantitative estimate of drug-likeness (QED) is 0.739. The molecular formula is C19H21N3O2S. The summed E-state index contributed by atoms with van der Waals surface area (Å²) in [5.74, 6) is 0. The lowest BCUT2D eigenvalue weighted by Gasteiger charge is -2.14. The molecule has 3 aromatic rings. The van der Waals surface area contributed by atoms with E-state index >= 15 is 0 Å². The van der Waals surface area contributed by atoms with Crippen LogP contribution < -0.4 is 4.72 Å². The van der Waals surface area contributed by atoms with Gasteiger partial charge in [0, 0.05) is 19.3 Å². The van der Waals surface area contributed by atoms with E-state index in [0.29, 0.717) is 6.42 Å². The highest BCUT2D eigenvalue weighted by Crippen LogP contribution is 2.20. The van der Waals surface area contributed by atoms with Gasteiger partial charge in [0.1, 0.15) is 4.90 Å². The van der Waals surface area contributed by atoms with Gasteiger partial charge in [-0.1, -0.05) is 54.6 Å².